The van der Waals surface area contributed by atoms with Gasteiger partial charge in [0.2, 0.25) is 0 Å². The van der Waals surface area contributed by atoms with E-state index in [1.807, 2.05) is 31.2 Å². The van der Waals surface area contributed by atoms with Crippen LogP contribution in [0.25, 0.3) is 11.1 Å². The van der Waals surface area contributed by atoms with Crippen LogP contribution in [0.4, 0.5) is 5.69 Å². The highest BCUT2D eigenvalue weighted by Gasteiger charge is 2.07. The Morgan fingerprint density at radius 3 is 2.68 bits per heavy atom. The maximum Gasteiger partial charge on any atom is 0.335 e. The molecule has 19 heavy (non-hydrogen) atoms. The first-order valence-corrected chi connectivity index (χ1v) is 5.97. The van der Waals surface area contributed by atoms with E-state index in [0.29, 0.717) is 12.3 Å². The molecule has 2 rings (SSSR count). The Morgan fingerprint density at radius 1 is 1.21 bits per heavy atom. The van der Waals surface area contributed by atoms with Crippen LogP contribution < -0.4 is 10.5 Å². The number of anilines is 1. The monoisotopic (exact) mass is 257 g/mol. The van der Waals surface area contributed by atoms with Crippen molar-refractivity contribution in [3.63, 3.8) is 0 Å². The molecular weight excluding hydrogens is 242 g/mol. The Hall–Kier alpha value is -2.49. The van der Waals surface area contributed by atoms with Gasteiger partial charge < -0.3 is 15.6 Å². The number of rotatable bonds is 4. The molecule has 98 valence electrons. The zero-order chi connectivity index (χ0) is 13.8. The highest BCUT2D eigenvalue weighted by atomic mass is 16.5. The van der Waals surface area contributed by atoms with Gasteiger partial charge in [0.15, 0.2) is 0 Å². The zero-order valence-electron chi connectivity index (χ0n) is 10.6. The van der Waals surface area contributed by atoms with Crippen molar-refractivity contribution in [1.29, 1.82) is 0 Å². The molecule has 0 atom stereocenters. The minimum Gasteiger partial charge on any atom is -0.494 e. The number of ether oxygens (including phenoxy) is 1. The molecule has 0 bridgehead atoms. The number of aromatic carboxylic acids is 1. The van der Waals surface area contributed by atoms with Gasteiger partial charge in [-0.1, -0.05) is 12.1 Å². The maximum atomic E-state index is 11.0. The first-order chi connectivity index (χ1) is 9.10. The summed E-state index contributed by atoms with van der Waals surface area (Å²) < 4.78 is 5.43. The molecular formula is C15H15NO3. The number of carboxylic acids is 1. The quantitative estimate of drug-likeness (QED) is 0.826. The van der Waals surface area contributed by atoms with Crippen molar-refractivity contribution in [2.24, 2.45) is 0 Å². The Bertz CT molecular complexity index is 608. The van der Waals surface area contributed by atoms with Crippen LogP contribution in [0.1, 0.15) is 17.3 Å². The molecule has 0 aliphatic heterocycles. The normalized spacial score (nSPS) is 10.2. The fraction of sp³-hybridized carbons (Fsp3) is 0.133. The lowest BCUT2D eigenvalue weighted by Gasteiger charge is -2.08. The summed E-state index contributed by atoms with van der Waals surface area (Å²) in [7, 11) is 0. The summed E-state index contributed by atoms with van der Waals surface area (Å²) in [5.41, 5.74) is 7.98. The molecule has 4 heteroatoms. The lowest BCUT2D eigenvalue weighted by molar-refractivity contribution is 0.0697. The summed E-state index contributed by atoms with van der Waals surface area (Å²) in [6.07, 6.45) is 0. The molecule has 3 N–H and O–H groups in total. The Balaban J connectivity index is 2.46. The van der Waals surface area contributed by atoms with Crippen LogP contribution in [0.15, 0.2) is 42.5 Å². The van der Waals surface area contributed by atoms with Gasteiger partial charge in [-0.05, 0) is 48.4 Å². The molecule has 0 heterocycles. The molecule has 0 aromatic heterocycles. The lowest BCUT2D eigenvalue weighted by atomic mass is 10.0. The molecule has 0 aliphatic rings. The van der Waals surface area contributed by atoms with Gasteiger partial charge in [-0.3, -0.25) is 0 Å². The Kier molecular flexibility index (Phi) is 3.71. The molecule has 0 unspecified atom stereocenters. The first-order valence-electron chi connectivity index (χ1n) is 5.97. The van der Waals surface area contributed by atoms with Crippen LogP contribution in [-0.4, -0.2) is 17.7 Å². The molecule has 0 amide bonds. The first kappa shape index (κ1) is 13.0. The van der Waals surface area contributed by atoms with E-state index in [1.54, 1.807) is 12.1 Å². The predicted octanol–water partition coefficient (Wildman–Crippen LogP) is 3.03. The number of nitrogen functional groups attached to an aromatic ring is 1. The fourth-order valence-corrected chi connectivity index (χ4v) is 1.87. The van der Waals surface area contributed by atoms with Crippen LogP contribution in [0.3, 0.4) is 0 Å². The molecule has 4 nitrogen and oxygen atoms in total. The van der Waals surface area contributed by atoms with Gasteiger partial charge in [0, 0.05) is 5.69 Å². The highest BCUT2D eigenvalue weighted by molar-refractivity contribution is 5.91. The topological polar surface area (TPSA) is 72.5 Å². The van der Waals surface area contributed by atoms with Gasteiger partial charge in [0.25, 0.3) is 0 Å². The molecule has 0 radical (unpaired) electrons. The van der Waals surface area contributed by atoms with Crippen molar-refractivity contribution in [3.8, 4) is 16.9 Å². The number of hydrogen-bond acceptors (Lipinski definition) is 3. The average Bonchev–Trinajstić information content (AvgIpc) is 2.38. The Labute approximate surface area is 111 Å². The second-order valence-electron chi connectivity index (χ2n) is 4.11. The van der Waals surface area contributed by atoms with Crippen molar-refractivity contribution in [1.82, 2.24) is 0 Å². The molecule has 0 aliphatic carbocycles. The third kappa shape index (κ3) is 3.04. The largest absolute Gasteiger partial charge is 0.494 e. The summed E-state index contributed by atoms with van der Waals surface area (Å²) in [4.78, 5) is 11.0. The van der Waals surface area contributed by atoms with Gasteiger partial charge in [0.1, 0.15) is 5.75 Å². The van der Waals surface area contributed by atoms with Crippen LogP contribution in [0, 0.1) is 0 Å². The van der Waals surface area contributed by atoms with Crippen molar-refractivity contribution in [2.45, 2.75) is 6.92 Å². The second-order valence-corrected chi connectivity index (χ2v) is 4.11. The van der Waals surface area contributed by atoms with Crippen molar-refractivity contribution >= 4 is 11.7 Å². The van der Waals surface area contributed by atoms with Gasteiger partial charge in [-0.2, -0.15) is 0 Å². The summed E-state index contributed by atoms with van der Waals surface area (Å²) in [6.45, 7) is 2.50. The van der Waals surface area contributed by atoms with E-state index in [2.05, 4.69) is 0 Å². The standard InChI is InChI=1S/C15H15NO3/c1-2-19-14-5-3-4-10(9-14)11-6-12(15(17)18)8-13(16)7-11/h3-9H,2,16H2,1H3,(H,17,18). The highest BCUT2D eigenvalue weighted by Crippen LogP contribution is 2.26. The summed E-state index contributed by atoms with van der Waals surface area (Å²) in [5.74, 6) is -0.242. The van der Waals surface area contributed by atoms with E-state index in [9.17, 15) is 4.79 Å². The van der Waals surface area contributed by atoms with Crippen LogP contribution in [0.2, 0.25) is 0 Å². The predicted molar refractivity (Wildman–Crippen MR) is 74.4 cm³/mol. The third-order valence-electron chi connectivity index (χ3n) is 2.68. The van der Waals surface area contributed by atoms with Crippen molar-refractivity contribution < 1.29 is 14.6 Å². The number of benzene rings is 2. The summed E-state index contributed by atoms with van der Waals surface area (Å²) >= 11 is 0. The van der Waals surface area contributed by atoms with Gasteiger partial charge in [-0.25, -0.2) is 4.79 Å². The molecule has 0 saturated carbocycles. The SMILES string of the molecule is CCOc1cccc(-c2cc(N)cc(C(=O)O)c2)c1. The second kappa shape index (κ2) is 5.44. The molecule has 0 saturated heterocycles. The number of carboxylic acid groups (broad SMARTS) is 1. The minimum absolute atomic E-state index is 0.178. The number of carbonyl (C=O) groups is 1. The number of nitrogens with two attached hydrogens (primary N) is 1. The van der Waals surface area contributed by atoms with Gasteiger partial charge in [-0.15, -0.1) is 0 Å². The van der Waals surface area contributed by atoms with E-state index in [1.165, 1.54) is 6.07 Å². The summed E-state index contributed by atoms with van der Waals surface area (Å²) in [6, 6.07) is 12.3. The van der Waals surface area contributed by atoms with E-state index in [-0.39, 0.29) is 5.56 Å². The van der Waals surface area contributed by atoms with E-state index >= 15 is 0 Å². The summed E-state index contributed by atoms with van der Waals surface area (Å²) in [5, 5.41) is 9.04. The van der Waals surface area contributed by atoms with E-state index in [0.717, 1.165) is 16.9 Å². The van der Waals surface area contributed by atoms with Crippen LogP contribution in [0.5, 0.6) is 5.75 Å². The third-order valence-corrected chi connectivity index (χ3v) is 2.68. The number of hydrogen-bond donors (Lipinski definition) is 2. The van der Waals surface area contributed by atoms with Crippen molar-refractivity contribution in [2.75, 3.05) is 12.3 Å². The van der Waals surface area contributed by atoms with E-state index < -0.39 is 5.97 Å². The smallest absolute Gasteiger partial charge is 0.335 e. The lowest BCUT2D eigenvalue weighted by Crippen LogP contribution is -1.99. The minimum atomic E-state index is -0.991. The molecule has 2 aromatic carbocycles. The molecule has 0 fully saturated rings. The van der Waals surface area contributed by atoms with Gasteiger partial charge in [0.05, 0.1) is 12.2 Å². The van der Waals surface area contributed by atoms with Gasteiger partial charge >= 0.3 is 5.97 Å². The zero-order valence-corrected chi connectivity index (χ0v) is 10.6. The van der Waals surface area contributed by atoms with Crippen molar-refractivity contribution in [3.05, 3.63) is 48.0 Å². The average molecular weight is 257 g/mol. The molecule has 2 aromatic rings. The van der Waals surface area contributed by atoms with E-state index in [4.69, 9.17) is 15.6 Å². The van der Waals surface area contributed by atoms with Crippen LogP contribution in [-0.2, 0) is 0 Å². The Morgan fingerprint density at radius 2 is 2.00 bits per heavy atom. The maximum absolute atomic E-state index is 11.0. The fourth-order valence-electron chi connectivity index (χ4n) is 1.87. The van der Waals surface area contributed by atoms with Crippen LogP contribution >= 0.6 is 0 Å². The molecule has 0 spiro atoms.